The lowest BCUT2D eigenvalue weighted by Crippen LogP contribution is -2.22. The third-order valence-electron chi connectivity index (χ3n) is 1.94. The molecule has 3 N–H and O–H groups in total. The fourth-order valence-electron chi connectivity index (χ4n) is 1.15. The summed E-state index contributed by atoms with van der Waals surface area (Å²) in [7, 11) is -1.89. The summed E-state index contributed by atoms with van der Waals surface area (Å²) in [4.78, 5) is 0. The lowest BCUT2D eigenvalue weighted by atomic mass is 10.3. The number of methoxy groups -OCH3 is 1. The van der Waals surface area contributed by atoms with Crippen molar-refractivity contribution in [1.29, 1.82) is 0 Å². The quantitative estimate of drug-likeness (QED) is 0.808. The van der Waals surface area contributed by atoms with Crippen molar-refractivity contribution in [2.75, 3.05) is 24.7 Å². The summed E-state index contributed by atoms with van der Waals surface area (Å²) in [6.07, 6.45) is 0. The van der Waals surface area contributed by atoms with Crippen LogP contribution in [0.3, 0.4) is 0 Å². The first-order valence-electron chi connectivity index (χ1n) is 4.61. The molecule has 1 aromatic rings. The molecule has 0 radical (unpaired) electrons. The predicted molar refractivity (Wildman–Crippen MR) is 74.9 cm³/mol. The first kappa shape index (κ1) is 14.7. The number of hydrogen-bond donors (Lipinski definition) is 2. The highest BCUT2D eigenvalue weighted by Crippen LogP contribution is 2.34. The maximum atomic E-state index is 10.8. The van der Waals surface area contributed by atoms with Crippen LogP contribution in [0.1, 0.15) is 0 Å². The van der Waals surface area contributed by atoms with Gasteiger partial charge in [0.2, 0.25) is 10.0 Å². The molecule has 0 atom stereocenters. The van der Waals surface area contributed by atoms with Crippen molar-refractivity contribution in [3.8, 4) is 5.75 Å². The third-order valence-corrected chi connectivity index (χ3v) is 3.99. The summed E-state index contributed by atoms with van der Waals surface area (Å²) in [6.45, 7) is 0.238. The Morgan fingerprint density at radius 3 is 2.53 bits per heavy atom. The van der Waals surface area contributed by atoms with E-state index in [4.69, 9.17) is 9.88 Å². The fraction of sp³-hybridized carbons (Fsp3) is 0.333. The van der Waals surface area contributed by atoms with Crippen LogP contribution in [0.25, 0.3) is 0 Å². The molecule has 0 unspecified atom stereocenters. The van der Waals surface area contributed by atoms with Crippen molar-refractivity contribution in [3.63, 3.8) is 0 Å². The van der Waals surface area contributed by atoms with Crippen molar-refractivity contribution in [2.24, 2.45) is 5.14 Å². The highest BCUT2D eigenvalue weighted by Gasteiger charge is 2.08. The van der Waals surface area contributed by atoms with E-state index in [0.717, 1.165) is 14.6 Å². The molecule has 17 heavy (non-hydrogen) atoms. The molecule has 0 saturated carbocycles. The van der Waals surface area contributed by atoms with Crippen LogP contribution in [-0.4, -0.2) is 27.8 Å². The van der Waals surface area contributed by atoms with Crippen LogP contribution in [0, 0.1) is 0 Å². The number of hydrogen-bond acceptors (Lipinski definition) is 4. The third kappa shape index (κ3) is 4.82. The molecule has 0 spiro atoms. The molecular weight excluding hydrogens is 376 g/mol. The van der Waals surface area contributed by atoms with E-state index < -0.39 is 10.0 Å². The number of rotatable bonds is 5. The second-order valence-corrected chi connectivity index (χ2v) is 6.70. The van der Waals surface area contributed by atoms with Crippen molar-refractivity contribution in [3.05, 3.63) is 21.1 Å². The zero-order valence-corrected chi connectivity index (χ0v) is 13.0. The minimum Gasteiger partial charge on any atom is -0.495 e. The fourth-order valence-corrected chi connectivity index (χ4v) is 2.83. The number of ether oxygens (including phenoxy) is 1. The van der Waals surface area contributed by atoms with Gasteiger partial charge in [-0.25, -0.2) is 13.6 Å². The Balaban J connectivity index is 2.77. The topological polar surface area (TPSA) is 81.4 Å². The van der Waals surface area contributed by atoms with Crippen molar-refractivity contribution in [2.45, 2.75) is 0 Å². The lowest BCUT2D eigenvalue weighted by molar-refractivity contribution is 0.412. The molecular formula is C9H12Br2N2O3S. The number of nitrogens with two attached hydrogens (primary N) is 1. The minimum atomic E-state index is -3.45. The maximum absolute atomic E-state index is 10.8. The molecule has 1 rings (SSSR count). The van der Waals surface area contributed by atoms with E-state index in [0.29, 0.717) is 5.75 Å². The standard InChI is InChI=1S/C9H12Br2N2O3S/c1-16-9-5-8(6(10)4-7(9)11)13-2-3-17(12,14)15/h4-5,13H,2-3H2,1H3,(H2,12,14,15). The first-order chi connectivity index (χ1) is 7.83. The lowest BCUT2D eigenvalue weighted by Gasteiger charge is -2.11. The highest BCUT2D eigenvalue weighted by atomic mass is 79.9. The van der Waals surface area contributed by atoms with Gasteiger partial charge in [0.25, 0.3) is 0 Å². The summed E-state index contributed by atoms with van der Waals surface area (Å²) < 4.78 is 28.3. The normalized spacial score (nSPS) is 11.3. The number of nitrogens with one attached hydrogen (secondary N) is 1. The summed E-state index contributed by atoms with van der Waals surface area (Å²) in [5.74, 6) is 0.531. The van der Waals surface area contributed by atoms with Gasteiger partial charge in [-0.1, -0.05) is 0 Å². The second-order valence-electron chi connectivity index (χ2n) is 3.26. The van der Waals surface area contributed by atoms with E-state index in [1.165, 1.54) is 0 Å². The van der Waals surface area contributed by atoms with Gasteiger partial charge in [-0.15, -0.1) is 0 Å². The molecule has 8 heteroatoms. The first-order valence-corrected chi connectivity index (χ1v) is 7.91. The van der Waals surface area contributed by atoms with Crippen LogP contribution in [0.2, 0.25) is 0 Å². The SMILES string of the molecule is COc1cc(NCCS(N)(=O)=O)c(Br)cc1Br. The Morgan fingerprint density at radius 2 is 2.00 bits per heavy atom. The number of sulfonamides is 1. The molecule has 96 valence electrons. The molecule has 0 bridgehead atoms. The zero-order valence-electron chi connectivity index (χ0n) is 9.04. The van der Waals surface area contributed by atoms with Crippen LogP contribution in [0.4, 0.5) is 5.69 Å². The molecule has 1 aromatic carbocycles. The van der Waals surface area contributed by atoms with E-state index in [9.17, 15) is 8.42 Å². The zero-order chi connectivity index (χ0) is 13.1. The Hall–Kier alpha value is -0.310. The Labute approximate surface area is 117 Å². The average molecular weight is 388 g/mol. The molecule has 0 aliphatic rings. The van der Waals surface area contributed by atoms with Crippen molar-refractivity contribution < 1.29 is 13.2 Å². The summed E-state index contributed by atoms with van der Waals surface area (Å²) in [5, 5.41) is 7.87. The van der Waals surface area contributed by atoms with Crippen LogP contribution in [0.15, 0.2) is 21.1 Å². The van der Waals surface area contributed by atoms with Crippen LogP contribution in [-0.2, 0) is 10.0 Å². The maximum Gasteiger partial charge on any atom is 0.210 e. The van der Waals surface area contributed by atoms with Gasteiger partial charge in [0, 0.05) is 17.1 Å². The van der Waals surface area contributed by atoms with Gasteiger partial charge in [0.15, 0.2) is 0 Å². The van der Waals surface area contributed by atoms with Gasteiger partial charge >= 0.3 is 0 Å². The minimum absolute atomic E-state index is 0.127. The van der Waals surface area contributed by atoms with Crippen LogP contribution >= 0.6 is 31.9 Å². The monoisotopic (exact) mass is 386 g/mol. The molecule has 0 fully saturated rings. The van der Waals surface area contributed by atoms with Crippen molar-refractivity contribution >= 4 is 47.6 Å². The van der Waals surface area contributed by atoms with Crippen molar-refractivity contribution in [1.82, 2.24) is 0 Å². The van der Waals surface area contributed by atoms with E-state index in [1.54, 1.807) is 13.2 Å². The van der Waals surface area contributed by atoms with Gasteiger partial charge in [-0.3, -0.25) is 0 Å². The molecule has 0 heterocycles. The van der Waals surface area contributed by atoms with Gasteiger partial charge < -0.3 is 10.1 Å². The van der Waals surface area contributed by atoms with E-state index in [2.05, 4.69) is 37.2 Å². The smallest absolute Gasteiger partial charge is 0.210 e. The summed E-state index contributed by atoms with van der Waals surface area (Å²) >= 11 is 6.71. The second kappa shape index (κ2) is 6.03. The van der Waals surface area contributed by atoms with E-state index in [-0.39, 0.29) is 12.3 Å². The highest BCUT2D eigenvalue weighted by molar-refractivity contribution is 9.11. The van der Waals surface area contributed by atoms with Crippen LogP contribution < -0.4 is 15.2 Å². The number of primary sulfonamides is 1. The largest absolute Gasteiger partial charge is 0.495 e. The number of halogens is 2. The molecule has 0 aromatic heterocycles. The number of anilines is 1. The molecule has 0 saturated heterocycles. The summed E-state index contributed by atoms with van der Waals surface area (Å²) in [5.41, 5.74) is 0.744. The number of benzene rings is 1. The van der Waals surface area contributed by atoms with Gasteiger partial charge in [-0.05, 0) is 37.9 Å². The Kier molecular flexibility index (Phi) is 5.23. The molecule has 0 aliphatic heterocycles. The van der Waals surface area contributed by atoms with Crippen LogP contribution in [0.5, 0.6) is 5.75 Å². The Bertz CT molecular complexity index is 505. The summed E-state index contributed by atoms with van der Waals surface area (Å²) in [6, 6.07) is 3.58. The van der Waals surface area contributed by atoms with Gasteiger partial charge in [0.05, 0.1) is 23.0 Å². The predicted octanol–water partition coefficient (Wildman–Crippen LogP) is 1.92. The average Bonchev–Trinajstić information content (AvgIpc) is 2.19. The van der Waals surface area contributed by atoms with Gasteiger partial charge in [-0.2, -0.15) is 0 Å². The van der Waals surface area contributed by atoms with E-state index in [1.807, 2.05) is 6.07 Å². The molecule has 0 amide bonds. The van der Waals surface area contributed by atoms with E-state index >= 15 is 0 Å². The van der Waals surface area contributed by atoms with Gasteiger partial charge in [0.1, 0.15) is 5.75 Å². The Morgan fingerprint density at radius 1 is 1.35 bits per heavy atom. The molecule has 5 nitrogen and oxygen atoms in total. The molecule has 0 aliphatic carbocycles.